The van der Waals surface area contributed by atoms with Gasteiger partial charge in [-0.05, 0) is 25.2 Å². The van der Waals surface area contributed by atoms with Gasteiger partial charge in [0.1, 0.15) is 0 Å². The molecule has 0 aliphatic heterocycles. The lowest BCUT2D eigenvalue weighted by Crippen LogP contribution is -2.43. The second kappa shape index (κ2) is 6.22. The molecule has 6 nitrogen and oxygen atoms in total. The van der Waals surface area contributed by atoms with Gasteiger partial charge in [-0.2, -0.15) is 0 Å². The number of hydrogen-bond donors (Lipinski definition) is 3. The number of amides is 3. The van der Waals surface area contributed by atoms with Crippen molar-refractivity contribution in [1.29, 1.82) is 0 Å². The highest BCUT2D eigenvalue weighted by molar-refractivity contribution is 5.95. The fraction of sp³-hybridized carbons (Fsp3) is 0.727. The van der Waals surface area contributed by atoms with Crippen LogP contribution in [0.2, 0.25) is 0 Å². The minimum Gasteiger partial charge on any atom is -0.481 e. The summed E-state index contributed by atoms with van der Waals surface area (Å²) < 4.78 is 0. The molecule has 1 aliphatic carbocycles. The minimum absolute atomic E-state index is 0.122. The third kappa shape index (κ3) is 5.33. The largest absolute Gasteiger partial charge is 0.481 e. The van der Waals surface area contributed by atoms with Crippen LogP contribution in [0.1, 0.15) is 39.0 Å². The first-order valence-electron chi connectivity index (χ1n) is 5.79. The third-order valence-electron chi connectivity index (χ3n) is 2.85. The van der Waals surface area contributed by atoms with E-state index in [1.165, 1.54) is 0 Å². The average Bonchev–Trinajstić information content (AvgIpc) is 2.60. The molecule has 0 spiro atoms. The van der Waals surface area contributed by atoms with Crippen LogP contribution in [0.5, 0.6) is 0 Å². The van der Waals surface area contributed by atoms with Gasteiger partial charge in [0.25, 0.3) is 0 Å². The van der Waals surface area contributed by atoms with Crippen molar-refractivity contribution in [2.24, 2.45) is 5.92 Å². The van der Waals surface area contributed by atoms with E-state index >= 15 is 0 Å². The van der Waals surface area contributed by atoms with E-state index in [9.17, 15) is 14.4 Å². The third-order valence-corrected chi connectivity index (χ3v) is 2.85. The average molecular weight is 242 g/mol. The molecule has 17 heavy (non-hydrogen) atoms. The standard InChI is InChI=1S/C11H18N2O4/c1-7-2-3-8(6-7)12-11(17)13-9(14)4-5-10(15)16/h7-8H,2-6H2,1H3,(H,15,16)(H2,12,13,14,17). The molecule has 3 amide bonds. The molecule has 0 bridgehead atoms. The van der Waals surface area contributed by atoms with Crippen molar-refractivity contribution in [3.8, 4) is 0 Å². The van der Waals surface area contributed by atoms with Crippen molar-refractivity contribution >= 4 is 17.9 Å². The molecular formula is C11H18N2O4. The van der Waals surface area contributed by atoms with E-state index in [2.05, 4.69) is 17.6 Å². The Labute approximate surface area is 99.8 Å². The first-order valence-corrected chi connectivity index (χ1v) is 5.79. The van der Waals surface area contributed by atoms with Crippen LogP contribution in [0.4, 0.5) is 4.79 Å². The van der Waals surface area contributed by atoms with Gasteiger partial charge in [0.2, 0.25) is 5.91 Å². The normalized spacial score (nSPS) is 23.1. The maximum absolute atomic E-state index is 11.4. The van der Waals surface area contributed by atoms with Crippen molar-refractivity contribution in [3.63, 3.8) is 0 Å². The van der Waals surface area contributed by atoms with E-state index in [0.717, 1.165) is 19.3 Å². The zero-order chi connectivity index (χ0) is 12.8. The van der Waals surface area contributed by atoms with Gasteiger partial charge in [0.05, 0.1) is 6.42 Å². The number of carboxylic acids is 1. The summed E-state index contributed by atoms with van der Waals surface area (Å²) in [5.74, 6) is -1.01. The van der Waals surface area contributed by atoms with Crippen molar-refractivity contribution in [2.45, 2.75) is 45.1 Å². The summed E-state index contributed by atoms with van der Waals surface area (Å²) >= 11 is 0. The Kier molecular flexibility index (Phi) is 4.93. The topological polar surface area (TPSA) is 95.5 Å². The molecule has 0 aromatic carbocycles. The first kappa shape index (κ1) is 13.5. The van der Waals surface area contributed by atoms with Crippen LogP contribution in [0.3, 0.4) is 0 Å². The van der Waals surface area contributed by atoms with Crippen LogP contribution in [0.25, 0.3) is 0 Å². The van der Waals surface area contributed by atoms with Gasteiger partial charge in [-0.15, -0.1) is 0 Å². The summed E-state index contributed by atoms with van der Waals surface area (Å²) in [6.45, 7) is 2.12. The smallest absolute Gasteiger partial charge is 0.321 e. The lowest BCUT2D eigenvalue weighted by atomic mass is 10.1. The quantitative estimate of drug-likeness (QED) is 0.681. The molecule has 1 fully saturated rings. The predicted molar refractivity (Wildman–Crippen MR) is 60.3 cm³/mol. The van der Waals surface area contributed by atoms with E-state index < -0.39 is 17.9 Å². The molecule has 0 heterocycles. The zero-order valence-corrected chi connectivity index (χ0v) is 9.86. The second-order valence-corrected chi connectivity index (χ2v) is 4.53. The van der Waals surface area contributed by atoms with E-state index in [1.807, 2.05) is 0 Å². The monoisotopic (exact) mass is 242 g/mol. The number of imide groups is 1. The van der Waals surface area contributed by atoms with Gasteiger partial charge in [0, 0.05) is 12.5 Å². The molecule has 3 N–H and O–H groups in total. The maximum Gasteiger partial charge on any atom is 0.321 e. The molecule has 1 aliphatic rings. The summed E-state index contributed by atoms with van der Waals surface area (Å²) in [7, 11) is 0. The molecule has 6 heteroatoms. The lowest BCUT2D eigenvalue weighted by Gasteiger charge is -2.12. The predicted octanol–water partition coefficient (Wildman–Crippen LogP) is 0.866. The Bertz CT molecular complexity index is 317. The minimum atomic E-state index is -1.05. The Morgan fingerprint density at radius 1 is 1.24 bits per heavy atom. The van der Waals surface area contributed by atoms with Gasteiger partial charge in [-0.25, -0.2) is 4.79 Å². The van der Waals surface area contributed by atoms with Crippen molar-refractivity contribution in [2.75, 3.05) is 0 Å². The summed E-state index contributed by atoms with van der Waals surface area (Å²) in [6.07, 6.45) is 2.50. The molecular weight excluding hydrogens is 224 g/mol. The van der Waals surface area contributed by atoms with Crippen LogP contribution < -0.4 is 10.6 Å². The number of nitrogens with one attached hydrogen (secondary N) is 2. The number of urea groups is 1. The van der Waals surface area contributed by atoms with Gasteiger partial charge < -0.3 is 10.4 Å². The number of carbonyl (C=O) groups is 3. The summed E-state index contributed by atoms with van der Waals surface area (Å²) in [5.41, 5.74) is 0. The van der Waals surface area contributed by atoms with E-state index in [1.54, 1.807) is 0 Å². The Hall–Kier alpha value is -1.59. The Balaban J connectivity index is 2.20. The SMILES string of the molecule is CC1CCC(NC(=O)NC(=O)CCC(=O)O)C1. The molecule has 0 aromatic rings. The zero-order valence-electron chi connectivity index (χ0n) is 9.86. The number of carboxylic acid groups (broad SMARTS) is 1. The highest BCUT2D eigenvalue weighted by atomic mass is 16.4. The molecule has 96 valence electrons. The number of carbonyl (C=O) groups excluding carboxylic acids is 2. The second-order valence-electron chi connectivity index (χ2n) is 4.53. The van der Waals surface area contributed by atoms with Crippen LogP contribution in [-0.4, -0.2) is 29.1 Å². The highest BCUT2D eigenvalue weighted by Gasteiger charge is 2.23. The van der Waals surface area contributed by atoms with Crippen molar-refractivity contribution in [3.05, 3.63) is 0 Å². The molecule has 0 saturated heterocycles. The molecule has 1 rings (SSSR count). The van der Waals surface area contributed by atoms with Crippen LogP contribution in [0.15, 0.2) is 0 Å². The van der Waals surface area contributed by atoms with Crippen LogP contribution in [-0.2, 0) is 9.59 Å². The first-order chi connectivity index (χ1) is 7.97. The maximum atomic E-state index is 11.4. The van der Waals surface area contributed by atoms with E-state index in [4.69, 9.17) is 5.11 Å². The van der Waals surface area contributed by atoms with Gasteiger partial charge in [0.15, 0.2) is 0 Å². The molecule has 0 aromatic heterocycles. The van der Waals surface area contributed by atoms with Crippen LogP contribution >= 0.6 is 0 Å². The van der Waals surface area contributed by atoms with Crippen LogP contribution in [0, 0.1) is 5.92 Å². The summed E-state index contributed by atoms with van der Waals surface area (Å²) in [5, 5.41) is 13.2. The van der Waals surface area contributed by atoms with Crippen molar-refractivity contribution in [1.82, 2.24) is 10.6 Å². The molecule has 1 saturated carbocycles. The Morgan fingerprint density at radius 2 is 1.94 bits per heavy atom. The van der Waals surface area contributed by atoms with Gasteiger partial charge in [-0.1, -0.05) is 6.92 Å². The van der Waals surface area contributed by atoms with E-state index in [-0.39, 0.29) is 18.9 Å². The van der Waals surface area contributed by atoms with E-state index in [0.29, 0.717) is 5.92 Å². The summed E-state index contributed by atoms with van der Waals surface area (Å²) in [4.78, 5) is 32.8. The molecule has 2 unspecified atom stereocenters. The fourth-order valence-corrected chi connectivity index (χ4v) is 1.97. The fourth-order valence-electron chi connectivity index (χ4n) is 1.97. The number of aliphatic carboxylic acids is 1. The Morgan fingerprint density at radius 3 is 2.47 bits per heavy atom. The van der Waals surface area contributed by atoms with Gasteiger partial charge >= 0.3 is 12.0 Å². The molecule has 2 atom stereocenters. The molecule has 0 radical (unpaired) electrons. The lowest BCUT2D eigenvalue weighted by molar-refractivity contribution is -0.138. The summed E-state index contributed by atoms with van der Waals surface area (Å²) in [6, 6.07) is -0.406. The highest BCUT2D eigenvalue weighted by Crippen LogP contribution is 2.24. The number of hydrogen-bond acceptors (Lipinski definition) is 3. The number of rotatable bonds is 4. The van der Waals surface area contributed by atoms with Gasteiger partial charge in [-0.3, -0.25) is 14.9 Å². The van der Waals surface area contributed by atoms with Crippen molar-refractivity contribution < 1.29 is 19.5 Å².